The molecular weight excluding hydrogens is 413 g/mol. The molecule has 0 aromatic heterocycles. The van der Waals surface area contributed by atoms with Crippen LogP contribution in [0.1, 0.15) is 124 Å². The Balaban J connectivity index is -0.00000288. The summed E-state index contributed by atoms with van der Waals surface area (Å²) in [6, 6.07) is 0. The maximum absolute atomic E-state index is 6.08. The Kier molecular flexibility index (Phi) is 35.8. The van der Waals surface area contributed by atoms with Gasteiger partial charge in [0.05, 0.1) is 0 Å². The van der Waals surface area contributed by atoms with Crippen molar-refractivity contribution < 1.29 is 47.9 Å². The van der Waals surface area contributed by atoms with Crippen molar-refractivity contribution in [3.63, 3.8) is 0 Å². The molecule has 0 heterocycles. The molecule has 0 aliphatic rings. The Morgan fingerprint density at radius 2 is 0.889 bits per heavy atom. The van der Waals surface area contributed by atoms with Crippen molar-refractivity contribution in [3.8, 4) is 0 Å². The van der Waals surface area contributed by atoms with E-state index in [0.29, 0.717) is 0 Å². The summed E-state index contributed by atoms with van der Waals surface area (Å²) >= 11 is -0.331. The summed E-state index contributed by atoms with van der Waals surface area (Å²) < 4.78 is 8.78. The molecule has 0 aliphatic heterocycles. The fourth-order valence-corrected chi connectivity index (χ4v) is 4.54. The molecule has 0 amide bonds. The van der Waals surface area contributed by atoms with Crippen LogP contribution < -0.4 is 24.8 Å². The zero-order chi connectivity index (χ0) is 18.4. The van der Waals surface area contributed by atoms with Crippen LogP contribution >= 0.6 is 0 Å². The van der Waals surface area contributed by atoms with E-state index >= 15 is 0 Å². The van der Waals surface area contributed by atoms with Gasteiger partial charge < -0.3 is 24.8 Å². The van der Waals surface area contributed by atoms with E-state index in [1.807, 2.05) is 0 Å². The third kappa shape index (κ3) is 27.2. The van der Waals surface area contributed by atoms with Gasteiger partial charge in [-0.1, -0.05) is 0 Å². The third-order valence-electron chi connectivity index (χ3n) is 4.86. The summed E-state index contributed by atoms with van der Waals surface area (Å²) in [5.74, 6) is 0. The minimum atomic E-state index is -0.331. The second-order valence-corrected chi connectivity index (χ2v) is 9.25. The summed E-state index contributed by atoms with van der Waals surface area (Å²) in [7, 11) is 0. The molecule has 0 spiro atoms. The Morgan fingerprint density at radius 3 is 1.33 bits per heavy atom. The molecule has 0 aromatic carbocycles. The van der Waals surface area contributed by atoms with Crippen molar-refractivity contribution in [2.75, 3.05) is 19.7 Å². The summed E-state index contributed by atoms with van der Waals surface area (Å²) in [4.78, 5) is 0. The number of halogens is 2. The molecule has 2 nitrogen and oxygen atoms in total. The number of rotatable bonds is 21. The quantitative estimate of drug-likeness (QED) is 0.190. The molecule has 0 saturated heterocycles. The van der Waals surface area contributed by atoms with Gasteiger partial charge in [-0.2, -0.15) is 0 Å². The van der Waals surface area contributed by atoms with Crippen molar-refractivity contribution in [3.05, 3.63) is 0 Å². The first kappa shape index (κ1) is 32.9. The molecule has 0 aliphatic carbocycles. The van der Waals surface area contributed by atoms with E-state index in [1.165, 1.54) is 116 Å². The fourth-order valence-electron chi connectivity index (χ4n) is 3.11. The van der Waals surface area contributed by atoms with Crippen LogP contribution in [0.4, 0.5) is 0 Å². The normalized spacial score (nSPS) is 10.4. The maximum Gasteiger partial charge on any atom is -1.00 e. The SMILES string of the molecule is CCCCCCCC[N](CCCCCCCC)[Ti+2][O]CCCCCC.[Cl-].[Cl-]. The van der Waals surface area contributed by atoms with Crippen molar-refractivity contribution in [1.82, 2.24) is 3.38 Å². The summed E-state index contributed by atoms with van der Waals surface area (Å²) in [6.45, 7) is 10.4. The molecule has 0 unspecified atom stereocenters. The molecule has 0 fully saturated rings. The maximum atomic E-state index is 6.08. The van der Waals surface area contributed by atoms with E-state index in [2.05, 4.69) is 24.2 Å². The van der Waals surface area contributed by atoms with Gasteiger partial charge >= 0.3 is 170 Å². The number of unbranched alkanes of at least 4 members (excludes halogenated alkanes) is 13. The molecule has 0 radical (unpaired) electrons. The van der Waals surface area contributed by atoms with Crippen LogP contribution in [-0.4, -0.2) is 23.1 Å². The molecule has 0 aromatic rings. The van der Waals surface area contributed by atoms with Gasteiger partial charge in [-0.15, -0.1) is 0 Å². The van der Waals surface area contributed by atoms with E-state index in [4.69, 9.17) is 3.32 Å². The van der Waals surface area contributed by atoms with Gasteiger partial charge in [-0.3, -0.25) is 0 Å². The molecule has 0 bridgehead atoms. The number of hydrogen-bond acceptors (Lipinski definition) is 2. The molecule has 0 rings (SSSR count). The monoisotopic (exact) mass is 459 g/mol. The molecule has 27 heavy (non-hydrogen) atoms. The Morgan fingerprint density at radius 1 is 0.519 bits per heavy atom. The fraction of sp³-hybridized carbons (Fsp3) is 1.00. The van der Waals surface area contributed by atoms with Crippen LogP contribution in [0.3, 0.4) is 0 Å². The predicted octanol–water partition coefficient (Wildman–Crippen LogP) is 1.53. The predicted molar refractivity (Wildman–Crippen MR) is 108 cm³/mol. The number of hydrogen-bond donors (Lipinski definition) is 0. The first-order valence-corrected chi connectivity index (χ1v) is 12.8. The zero-order valence-corrected chi connectivity index (χ0v) is 21.6. The van der Waals surface area contributed by atoms with Crippen LogP contribution in [0, 0.1) is 0 Å². The second-order valence-electron chi connectivity index (χ2n) is 7.52. The first-order chi connectivity index (χ1) is 12.3. The van der Waals surface area contributed by atoms with Crippen LogP contribution in [0.25, 0.3) is 0 Å². The molecule has 0 saturated carbocycles. The van der Waals surface area contributed by atoms with Crippen LogP contribution in [0.5, 0.6) is 0 Å². The minimum Gasteiger partial charge on any atom is -1.00 e. The van der Waals surface area contributed by atoms with Crippen LogP contribution in [0.2, 0.25) is 0 Å². The Labute approximate surface area is 193 Å². The second kappa shape index (κ2) is 29.4. The van der Waals surface area contributed by atoms with E-state index in [-0.39, 0.29) is 44.6 Å². The molecule has 0 N–H and O–H groups in total. The smallest absolute Gasteiger partial charge is 1.00 e. The van der Waals surface area contributed by atoms with Crippen molar-refractivity contribution in [2.24, 2.45) is 0 Å². The average Bonchev–Trinajstić information content (AvgIpc) is 2.63. The van der Waals surface area contributed by atoms with Gasteiger partial charge in [0.15, 0.2) is 0 Å². The average molecular weight is 460 g/mol. The van der Waals surface area contributed by atoms with Crippen molar-refractivity contribution in [2.45, 2.75) is 124 Å². The largest absolute Gasteiger partial charge is 1.00 e. The Bertz CT molecular complexity index is 210. The number of nitrogens with zero attached hydrogens (tertiary/aromatic N) is 1. The van der Waals surface area contributed by atoms with Crippen LogP contribution in [0.15, 0.2) is 0 Å². The van der Waals surface area contributed by atoms with Gasteiger partial charge in [-0.25, -0.2) is 0 Å². The van der Waals surface area contributed by atoms with E-state index in [0.717, 1.165) is 6.61 Å². The summed E-state index contributed by atoms with van der Waals surface area (Å²) in [5.41, 5.74) is 0. The molecule has 0 atom stereocenters. The van der Waals surface area contributed by atoms with E-state index in [1.54, 1.807) is 0 Å². The van der Waals surface area contributed by atoms with Gasteiger partial charge in [0.2, 0.25) is 0 Å². The molecule has 5 heteroatoms. The van der Waals surface area contributed by atoms with E-state index < -0.39 is 0 Å². The third-order valence-corrected chi connectivity index (χ3v) is 6.48. The van der Waals surface area contributed by atoms with E-state index in [9.17, 15) is 0 Å². The summed E-state index contributed by atoms with van der Waals surface area (Å²) in [5, 5.41) is 0. The zero-order valence-electron chi connectivity index (χ0n) is 18.5. The molecular formula is C22H47Cl2NOTi. The van der Waals surface area contributed by atoms with Crippen molar-refractivity contribution >= 4 is 0 Å². The Hall–Kier alpha value is 1.21. The van der Waals surface area contributed by atoms with Gasteiger partial charge in [-0.05, 0) is 0 Å². The van der Waals surface area contributed by atoms with Crippen LogP contribution in [-0.2, 0) is 23.1 Å². The van der Waals surface area contributed by atoms with Gasteiger partial charge in [0.25, 0.3) is 0 Å². The molecule has 164 valence electrons. The minimum absolute atomic E-state index is 0. The first-order valence-electron chi connectivity index (χ1n) is 11.5. The summed E-state index contributed by atoms with van der Waals surface area (Å²) in [6.07, 6.45) is 22.1. The standard InChI is InChI=1S/C16H34N.C6H13O.2ClH.Ti/c1-3-5-7-9-11-13-15-17-16-14-12-10-8-6-4-2;1-2-3-4-5-6-7;;;/h3-16H2,1-2H3;2-6H2,1H3;2*1H;/q2*-1;;;+4/p-2. The van der Waals surface area contributed by atoms with Gasteiger partial charge in [0.1, 0.15) is 0 Å². The van der Waals surface area contributed by atoms with Crippen molar-refractivity contribution in [1.29, 1.82) is 0 Å². The topological polar surface area (TPSA) is 12.5 Å². The van der Waals surface area contributed by atoms with Gasteiger partial charge in [0, 0.05) is 0 Å².